The van der Waals surface area contributed by atoms with E-state index in [-0.39, 0.29) is 11.3 Å². The molecule has 0 aliphatic heterocycles. The van der Waals surface area contributed by atoms with Crippen molar-refractivity contribution in [1.82, 2.24) is 25.5 Å². The van der Waals surface area contributed by atoms with Crippen molar-refractivity contribution in [3.63, 3.8) is 0 Å². The van der Waals surface area contributed by atoms with Gasteiger partial charge in [-0.3, -0.25) is 4.79 Å². The van der Waals surface area contributed by atoms with Crippen molar-refractivity contribution in [3.8, 4) is 5.69 Å². The first-order valence-corrected chi connectivity index (χ1v) is 7.44. The van der Waals surface area contributed by atoms with E-state index < -0.39 is 41.7 Å². The standard InChI is InChI=1S/C16H10F5N5O/c17-12-2-1-3-13(18)11(12)8-22-15(27)14-23-25-26(24-14)10-6-4-9(5-7-10)16(19,20)21/h1-7H,8H2,(H,22,27). The molecule has 0 saturated carbocycles. The predicted molar refractivity (Wildman–Crippen MR) is 81.7 cm³/mol. The van der Waals surface area contributed by atoms with Gasteiger partial charge in [-0.15, -0.1) is 15.0 Å². The molecule has 3 aromatic rings. The van der Waals surface area contributed by atoms with Crippen LogP contribution < -0.4 is 5.32 Å². The van der Waals surface area contributed by atoms with Gasteiger partial charge in [0.05, 0.1) is 11.3 Å². The second-order valence-corrected chi connectivity index (χ2v) is 5.33. The molecule has 2 aromatic carbocycles. The van der Waals surface area contributed by atoms with E-state index in [1.54, 1.807) is 0 Å². The molecule has 1 aromatic heterocycles. The topological polar surface area (TPSA) is 72.7 Å². The van der Waals surface area contributed by atoms with Crippen LogP contribution in [0.5, 0.6) is 0 Å². The van der Waals surface area contributed by atoms with Gasteiger partial charge >= 0.3 is 6.18 Å². The molecule has 0 radical (unpaired) electrons. The van der Waals surface area contributed by atoms with E-state index in [0.29, 0.717) is 0 Å². The third kappa shape index (κ3) is 4.07. The van der Waals surface area contributed by atoms with E-state index in [4.69, 9.17) is 0 Å². The molecule has 6 nitrogen and oxygen atoms in total. The molecule has 0 fully saturated rings. The number of rotatable bonds is 4. The molecule has 0 spiro atoms. The molecule has 0 saturated heterocycles. The number of alkyl halides is 3. The van der Waals surface area contributed by atoms with Crippen LogP contribution in [0, 0.1) is 11.6 Å². The van der Waals surface area contributed by atoms with Crippen molar-refractivity contribution < 1.29 is 26.7 Å². The minimum absolute atomic E-state index is 0.148. The van der Waals surface area contributed by atoms with Crippen LogP contribution in [0.1, 0.15) is 21.7 Å². The summed E-state index contributed by atoms with van der Waals surface area (Å²) in [6, 6.07) is 7.17. The van der Waals surface area contributed by atoms with Gasteiger partial charge in [0.25, 0.3) is 11.7 Å². The summed E-state index contributed by atoms with van der Waals surface area (Å²) in [6.07, 6.45) is -4.48. The summed E-state index contributed by atoms with van der Waals surface area (Å²) < 4.78 is 64.7. The van der Waals surface area contributed by atoms with Gasteiger partial charge in [0.1, 0.15) is 11.6 Å². The largest absolute Gasteiger partial charge is 0.416 e. The minimum atomic E-state index is -4.48. The number of carbonyl (C=O) groups excluding carboxylic acids is 1. The number of nitrogens with zero attached hydrogens (tertiary/aromatic N) is 4. The Kier molecular flexibility index (Phi) is 4.84. The molecule has 0 bridgehead atoms. The average Bonchev–Trinajstić information content (AvgIpc) is 3.11. The van der Waals surface area contributed by atoms with Crippen LogP contribution in [0.4, 0.5) is 22.0 Å². The lowest BCUT2D eigenvalue weighted by Crippen LogP contribution is -2.25. The Balaban J connectivity index is 1.71. The summed E-state index contributed by atoms with van der Waals surface area (Å²) in [4.78, 5) is 12.8. The van der Waals surface area contributed by atoms with E-state index in [9.17, 15) is 26.7 Å². The zero-order valence-electron chi connectivity index (χ0n) is 13.3. The van der Waals surface area contributed by atoms with Gasteiger partial charge in [-0.2, -0.15) is 13.2 Å². The third-order valence-corrected chi connectivity index (χ3v) is 3.53. The summed E-state index contributed by atoms with van der Waals surface area (Å²) in [5, 5.41) is 13.0. The summed E-state index contributed by atoms with van der Waals surface area (Å²) in [6.45, 7) is -0.438. The normalized spacial score (nSPS) is 11.4. The Bertz CT molecular complexity index is 948. The quantitative estimate of drug-likeness (QED) is 0.704. The highest BCUT2D eigenvalue weighted by Crippen LogP contribution is 2.29. The molecule has 27 heavy (non-hydrogen) atoms. The van der Waals surface area contributed by atoms with Gasteiger partial charge in [-0.1, -0.05) is 6.07 Å². The van der Waals surface area contributed by atoms with Crippen LogP contribution in [-0.2, 0) is 12.7 Å². The number of carbonyl (C=O) groups is 1. The fourth-order valence-electron chi connectivity index (χ4n) is 2.15. The van der Waals surface area contributed by atoms with Gasteiger partial charge < -0.3 is 5.32 Å². The van der Waals surface area contributed by atoms with Gasteiger partial charge in [0.15, 0.2) is 0 Å². The molecule has 1 heterocycles. The molecule has 11 heteroatoms. The number of halogens is 5. The summed E-state index contributed by atoms with van der Waals surface area (Å²) in [5.74, 6) is -2.91. The van der Waals surface area contributed by atoms with Crippen molar-refractivity contribution in [3.05, 3.63) is 71.1 Å². The highest BCUT2D eigenvalue weighted by atomic mass is 19.4. The number of hydrogen-bond acceptors (Lipinski definition) is 4. The Labute approximate surface area is 148 Å². The van der Waals surface area contributed by atoms with Gasteiger partial charge in [0.2, 0.25) is 0 Å². The second kappa shape index (κ2) is 7.09. The van der Waals surface area contributed by atoms with Gasteiger partial charge in [-0.05, 0) is 41.6 Å². The van der Waals surface area contributed by atoms with Crippen LogP contribution >= 0.6 is 0 Å². The highest BCUT2D eigenvalue weighted by molar-refractivity contribution is 5.90. The van der Waals surface area contributed by atoms with Crippen LogP contribution in [0.15, 0.2) is 42.5 Å². The van der Waals surface area contributed by atoms with Crippen LogP contribution in [-0.4, -0.2) is 26.1 Å². The number of amides is 1. The molecule has 1 amide bonds. The Morgan fingerprint density at radius 3 is 2.26 bits per heavy atom. The van der Waals surface area contributed by atoms with Crippen molar-refractivity contribution in [2.75, 3.05) is 0 Å². The molecule has 1 N–H and O–H groups in total. The van der Waals surface area contributed by atoms with Crippen molar-refractivity contribution in [2.24, 2.45) is 0 Å². The molecule has 0 unspecified atom stereocenters. The lowest BCUT2D eigenvalue weighted by molar-refractivity contribution is -0.137. The number of tetrazole rings is 1. The Morgan fingerprint density at radius 1 is 1.04 bits per heavy atom. The van der Waals surface area contributed by atoms with E-state index >= 15 is 0 Å². The first-order valence-electron chi connectivity index (χ1n) is 7.44. The Hall–Kier alpha value is -3.37. The van der Waals surface area contributed by atoms with Crippen molar-refractivity contribution in [2.45, 2.75) is 12.7 Å². The van der Waals surface area contributed by atoms with Crippen LogP contribution in [0.3, 0.4) is 0 Å². The fraction of sp³-hybridized carbons (Fsp3) is 0.125. The summed E-state index contributed by atoms with van der Waals surface area (Å²) >= 11 is 0. The SMILES string of the molecule is O=C(NCc1c(F)cccc1F)c1nnn(-c2ccc(C(F)(F)F)cc2)n1. The van der Waals surface area contributed by atoms with Crippen molar-refractivity contribution in [1.29, 1.82) is 0 Å². The molecular weight excluding hydrogens is 373 g/mol. The molecular formula is C16H10F5N5O. The van der Waals surface area contributed by atoms with E-state index in [1.807, 2.05) is 0 Å². The minimum Gasteiger partial charge on any atom is -0.345 e. The fourth-order valence-corrected chi connectivity index (χ4v) is 2.15. The summed E-state index contributed by atoms with van der Waals surface area (Å²) in [7, 11) is 0. The maximum atomic E-state index is 13.5. The van der Waals surface area contributed by atoms with E-state index in [2.05, 4.69) is 20.7 Å². The van der Waals surface area contributed by atoms with Gasteiger partial charge in [0, 0.05) is 12.1 Å². The third-order valence-electron chi connectivity index (χ3n) is 3.53. The maximum Gasteiger partial charge on any atom is 0.416 e. The first-order chi connectivity index (χ1) is 12.8. The monoisotopic (exact) mass is 383 g/mol. The number of hydrogen-bond donors (Lipinski definition) is 1. The molecule has 0 aliphatic rings. The number of aromatic nitrogens is 4. The van der Waals surface area contributed by atoms with Crippen molar-refractivity contribution >= 4 is 5.91 Å². The lowest BCUT2D eigenvalue weighted by atomic mass is 10.2. The molecule has 140 valence electrons. The lowest BCUT2D eigenvalue weighted by Gasteiger charge is -2.06. The maximum absolute atomic E-state index is 13.5. The highest BCUT2D eigenvalue weighted by Gasteiger charge is 2.30. The average molecular weight is 383 g/mol. The van der Waals surface area contributed by atoms with E-state index in [1.165, 1.54) is 6.07 Å². The van der Waals surface area contributed by atoms with Crippen LogP contribution in [0.2, 0.25) is 0 Å². The zero-order valence-corrected chi connectivity index (χ0v) is 13.3. The zero-order chi connectivity index (χ0) is 19.6. The first kappa shape index (κ1) is 18.4. The predicted octanol–water partition coefficient (Wildman–Crippen LogP) is 2.89. The summed E-state index contributed by atoms with van der Waals surface area (Å²) in [5.41, 5.74) is -1.04. The number of benzene rings is 2. The molecule has 0 atom stereocenters. The van der Waals surface area contributed by atoms with Gasteiger partial charge in [-0.25, -0.2) is 8.78 Å². The molecule has 0 aliphatic carbocycles. The van der Waals surface area contributed by atoms with Crippen LogP contribution in [0.25, 0.3) is 5.69 Å². The number of nitrogens with one attached hydrogen (secondary N) is 1. The molecule has 3 rings (SSSR count). The second-order valence-electron chi connectivity index (χ2n) is 5.33. The Morgan fingerprint density at radius 2 is 1.67 bits per heavy atom. The van der Waals surface area contributed by atoms with E-state index in [0.717, 1.165) is 41.2 Å². The smallest absolute Gasteiger partial charge is 0.345 e.